The topological polar surface area (TPSA) is 85.2 Å². The number of hydrogen-bond donors (Lipinski definition) is 2. The molecule has 1 aromatic rings. The molecule has 0 aromatic carbocycles. The normalized spacial score (nSPS) is 10.2. The summed E-state index contributed by atoms with van der Waals surface area (Å²) in [5.74, 6) is -0.313. The molecule has 0 fully saturated rings. The van der Waals surface area contributed by atoms with Crippen molar-refractivity contribution in [2.24, 2.45) is 7.05 Å². The van der Waals surface area contributed by atoms with E-state index in [9.17, 15) is 9.59 Å². The number of nitrogens with zero attached hydrogens (tertiary/aromatic N) is 2. The zero-order valence-corrected chi connectivity index (χ0v) is 12.4. The molecule has 0 unspecified atom stereocenters. The van der Waals surface area contributed by atoms with Crippen LogP contribution >= 0.6 is 0 Å². The van der Waals surface area contributed by atoms with Crippen LogP contribution in [-0.4, -0.2) is 34.9 Å². The van der Waals surface area contributed by atoms with Crippen molar-refractivity contribution in [2.45, 2.75) is 33.7 Å². The molecular formula is C13H22N4O3. The summed E-state index contributed by atoms with van der Waals surface area (Å²) in [4.78, 5) is 22.7. The molecule has 0 aliphatic heterocycles. The highest BCUT2D eigenvalue weighted by Gasteiger charge is 2.10. The van der Waals surface area contributed by atoms with E-state index in [1.54, 1.807) is 11.6 Å². The molecule has 7 heteroatoms. The molecule has 2 N–H and O–H groups in total. The summed E-state index contributed by atoms with van der Waals surface area (Å²) in [7, 11) is 1.87. The van der Waals surface area contributed by atoms with Crippen molar-refractivity contribution in [3.05, 3.63) is 17.0 Å². The highest BCUT2D eigenvalue weighted by Crippen LogP contribution is 2.10. The molecule has 0 aliphatic rings. The van der Waals surface area contributed by atoms with Crippen LogP contribution in [0.25, 0.3) is 0 Å². The molecule has 2 amide bonds. The predicted octanol–water partition coefficient (Wildman–Crippen LogP) is 0.789. The number of carbonyl (C=O) groups excluding carboxylic acids is 2. The van der Waals surface area contributed by atoms with Crippen LogP contribution in [0.15, 0.2) is 0 Å². The number of rotatable bonds is 6. The van der Waals surface area contributed by atoms with Crippen LogP contribution in [-0.2, 0) is 23.1 Å². The Morgan fingerprint density at radius 3 is 2.55 bits per heavy atom. The van der Waals surface area contributed by atoms with Crippen LogP contribution < -0.4 is 10.6 Å². The van der Waals surface area contributed by atoms with Gasteiger partial charge in [-0.2, -0.15) is 5.10 Å². The maximum Gasteiger partial charge on any atom is 0.315 e. The van der Waals surface area contributed by atoms with Crippen molar-refractivity contribution >= 4 is 12.0 Å². The minimum absolute atomic E-state index is 0.173. The van der Waals surface area contributed by atoms with E-state index in [0.717, 1.165) is 17.0 Å². The van der Waals surface area contributed by atoms with E-state index in [2.05, 4.69) is 15.7 Å². The van der Waals surface area contributed by atoms with Crippen LogP contribution in [0, 0.1) is 13.8 Å². The second-order valence-electron chi connectivity index (χ2n) is 4.44. The van der Waals surface area contributed by atoms with Gasteiger partial charge in [0, 0.05) is 31.4 Å². The molecule has 1 aromatic heterocycles. The second-order valence-corrected chi connectivity index (χ2v) is 4.44. The highest BCUT2D eigenvalue weighted by molar-refractivity contribution is 5.75. The molecule has 0 aliphatic carbocycles. The van der Waals surface area contributed by atoms with Gasteiger partial charge in [0.25, 0.3) is 0 Å². The lowest BCUT2D eigenvalue weighted by Gasteiger charge is -2.08. The molecule has 1 heterocycles. The van der Waals surface area contributed by atoms with E-state index >= 15 is 0 Å². The summed E-state index contributed by atoms with van der Waals surface area (Å²) in [6.07, 6.45) is 0.173. The van der Waals surface area contributed by atoms with Crippen LogP contribution in [0.5, 0.6) is 0 Å². The maximum atomic E-state index is 11.6. The summed E-state index contributed by atoms with van der Waals surface area (Å²) < 4.78 is 6.55. The quantitative estimate of drug-likeness (QED) is 0.755. The SMILES string of the molecule is CCOC(=O)CCNC(=O)NCc1c(C)nn(C)c1C. The van der Waals surface area contributed by atoms with Gasteiger partial charge in [-0.15, -0.1) is 0 Å². The van der Waals surface area contributed by atoms with Crippen LogP contribution in [0.3, 0.4) is 0 Å². The first kappa shape index (κ1) is 16.0. The molecule has 0 atom stereocenters. The van der Waals surface area contributed by atoms with E-state index < -0.39 is 0 Å². The van der Waals surface area contributed by atoms with E-state index in [4.69, 9.17) is 4.74 Å². The number of aryl methyl sites for hydroxylation is 2. The van der Waals surface area contributed by atoms with Gasteiger partial charge in [-0.25, -0.2) is 4.79 Å². The molecule has 20 heavy (non-hydrogen) atoms. The van der Waals surface area contributed by atoms with E-state index in [1.165, 1.54) is 0 Å². The number of amides is 2. The second kappa shape index (κ2) is 7.52. The molecule has 0 bridgehead atoms. The van der Waals surface area contributed by atoms with Gasteiger partial charge in [-0.05, 0) is 20.8 Å². The Kier molecular flexibility index (Phi) is 6.02. The van der Waals surface area contributed by atoms with Gasteiger partial charge in [-0.3, -0.25) is 9.48 Å². The summed E-state index contributed by atoms with van der Waals surface area (Å²) in [5, 5.41) is 9.63. The predicted molar refractivity (Wildman–Crippen MR) is 74.2 cm³/mol. The lowest BCUT2D eigenvalue weighted by atomic mass is 10.2. The smallest absolute Gasteiger partial charge is 0.315 e. The fraction of sp³-hybridized carbons (Fsp3) is 0.615. The Balaban J connectivity index is 2.31. The molecule has 112 valence electrons. The standard InChI is InChI=1S/C13H22N4O3/c1-5-20-12(18)6-7-14-13(19)15-8-11-9(2)16-17(4)10(11)3/h5-8H2,1-4H3,(H2,14,15,19). The van der Waals surface area contributed by atoms with Gasteiger partial charge in [-0.1, -0.05) is 0 Å². The maximum absolute atomic E-state index is 11.6. The van der Waals surface area contributed by atoms with Crippen molar-refractivity contribution in [3.63, 3.8) is 0 Å². The van der Waals surface area contributed by atoms with Crippen molar-refractivity contribution in [2.75, 3.05) is 13.2 Å². The molecule has 0 radical (unpaired) electrons. The Morgan fingerprint density at radius 1 is 1.30 bits per heavy atom. The molecule has 0 spiro atoms. The number of urea groups is 1. The van der Waals surface area contributed by atoms with Gasteiger partial charge in [0.05, 0.1) is 18.7 Å². The Bertz CT molecular complexity index is 482. The average molecular weight is 282 g/mol. The first-order valence-corrected chi connectivity index (χ1v) is 6.62. The highest BCUT2D eigenvalue weighted by atomic mass is 16.5. The van der Waals surface area contributed by atoms with E-state index in [-0.39, 0.29) is 25.0 Å². The first-order valence-electron chi connectivity index (χ1n) is 6.62. The van der Waals surface area contributed by atoms with Gasteiger partial charge < -0.3 is 15.4 Å². The minimum Gasteiger partial charge on any atom is -0.466 e. The third-order valence-electron chi connectivity index (χ3n) is 3.00. The van der Waals surface area contributed by atoms with Gasteiger partial charge in [0.15, 0.2) is 0 Å². The third kappa shape index (κ3) is 4.56. The van der Waals surface area contributed by atoms with Crippen LogP contribution in [0.4, 0.5) is 4.79 Å². The average Bonchev–Trinajstić information content (AvgIpc) is 2.61. The largest absolute Gasteiger partial charge is 0.466 e. The summed E-state index contributed by atoms with van der Waals surface area (Å²) >= 11 is 0. The molecule has 0 saturated heterocycles. The Labute approximate surface area is 118 Å². The molecule has 7 nitrogen and oxygen atoms in total. The fourth-order valence-electron chi connectivity index (χ4n) is 1.82. The lowest BCUT2D eigenvalue weighted by Crippen LogP contribution is -2.36. The minimum atomic E-state index is -0.313. The number of carbonyl (C=O) groups is 2. The van der Waals surface area contributed by atoms with Crippen LogP contribution in [0.2, 0.25) is 0 Å². The number of nitrogens with one attached hydrogen (secondary N) is 2. The van der Waals surface area contributed by atoms with E-state index in [1.807, 2.05) is 20.9 Å². The summed E-state index contributed by atoms with van der Waals surface area (Å²) in [6.45, 7) is 6.63. The number of aromatic nitrogens is 2. The molecule has 1 rings (SSSR count). The first-order chi connectivity index (χ1) is 9.45. The van der Waals surface area contributed by atoms with Crippen LogP contribution in [0.1, 0.15) is 30.3 Å². The van der Waals surface area contributed by atoms with Crippen molar-refractivity contribution in [1.82, 2.24) is 20.4 Å². The molecular weight excluding hydrogens is 260 g/mol. The zero-order chi connectivity index (χ0) is 15.1. The zero-order valence-electron chi connectivity index (χ0n) is 12.4. The fourth-order valence-corrected chi connectivity index (χ4v) is 1.82. The van der Waals surface area contributed by atoms with Gasteiger partial charge in [0.1, 0.15) is 0 Å². The summed E-state index contributed by atoms with van der Waals surface area (Å²) in [5.41, 5.74) is 2.93. The monoisotopic (exact) mass is 282 g/mol. The molecule has 0 saturated carbocycles. The Morgan fingerprint density at radius 2 is 2.00 bits per heavy atom. The summed E-state index contributed by atoms with van der Waals surface area (Å²) in [6, 6.07) is -0.308. The number of ether oxygens (including phenoxy) is 1. The van der Waals surface area contributed by atoms with Crippen molar-refractivity contribution in [3.8, 4) is 0 Å². The van der Waals surface area contributed by atoms with Gasteiger partial charge >= 0.3 is 12.0 Å². The van der Waals surface area contributed by atoms with Crippen molar-refractivity contribution in [1.29, 1.82) is 0 Å². The number of hydrogen-bond acceptors (Lipinski definition) is 4. The third-order valence-corrected chi connectivity index (χ3v) is 3.00. The van der Waals surface area contributed by atoms with Gasteiger partial charge in [0.2, 0.25) is 0 Å². The number of esters is 1. The van der Waals surface area contributed by atoms with E-state index in [0.29, 0.717) is 13.2 Å². The Hall–Kier alpha value is -2.05. The lowest BCUT2D eigenvalue weighted by molar-refractivity contribution is -0.142. The van der Waals surface area contributed by atoms with Crippen molar-refractivity contribution < 1.29 is 14.3 Å².